The lowest BCUT2D eigenvalue weighted by Gasteiger charge is -2.30. The van der Waals surface area contributed by atoms with Crippen LogP contribution in [0.5, 0.6) is 0 Å². The highest BCUT2D eigenvalue weighted by molar-refractivity contribution is 6.35. The van der Waals surface area contributed by atoms with E-state index in [1.54, 1.807) is 0 Å². The van der Waals surface area contributed by atoms with Crippen LogP contribution in [0.3, 0.4) is 0 Å². The summed E-state index contributed by atoms with van der Waals surface area (Å²) in [5, 5.41) is 5.15. The van der Waals surface area contributed by atoms with Gasteiger partial charge in [-0.25, -0.2) is 0 Å². The average Bonchev–Trinajstić information content (AvgIpc) is 2.43. The first-order valence-corrected chi connectivity index (χ1v) is 8.13. The second-order valence-corrected chi connectivity index (χ2v) is 6.37. The van der Waals surface area contributed by atoms with Crippen molar-refractivity contribution < 1.29 is 0 Å². The van der Waals surface area contributed by atoms with E-state index < -0.39 is 0 Å². The smallest absolute Gasteiger partial charge is 0.0465 e. The average molecular weight is 300 g/mol. The first-order valence-electron chi connectivity index (χ1n) is 7.38. The van der Waals surface area contributed by atoms with Crippen LogP contribution in [0.25, 0.3) is 0 Å². The zero-order chi connectivity index (χ0) is 13.7. The first kappa shape index (κ1) is 15.2. The molecule has 1 aliphatic rings. The van der Waals surface area contributed by atoms with Crippen LogP contribution < -0.4 is 5.32 Å². The number of nitrogens with one attached hydrogen (secondary N) is 1. The van der Waals surface area contributed by atoms with Crippen molar-refractivity contribution in [1.82, 2.24) is 5.32 Å². The van der Waals surface area contributed by atoms with Gasteiger partial charge in [0.25, 0.3) is 0 Å². The van der Waals surface area contributed by atoms with Gasteiger partial charge in [0.15, 0.2) is 0 Å². The lowest BCUT2D eigenvalue weighted by molar-refractivity contribution is 0.262. The van der Waals surface area contributed by atoms with Crippen molar-refractivity contribution in [3.8, 4) is 0 Å². The Morgan fingerprint density at radius 3 is 2.58 bits per heavy atom. The molecule has 1 nitrogen and oxygen atoms in total. The standard InChI is InChI=1S/C16H23Cl2N/c1-2-16(12-6-4-3-5-7-12)19-11-13-8-9-14(17)10-15(13)18/h8-10,12,16,19H,2-7,11H2,1H3. The molecule has 0 spiro atoms. The van der Waals surface area contributed by atoms with Gasteiger partial charge in [-0.3, -0.25) is 0 Å². The Labute approximate surface area is 126 Å². The Morgan fingerprint density at radius 2 is 1.95 bits per heavy atom. The molecule has 1 aliphatic carbocycles. The van der Waals surface area contributed by atoms with E-state index in [0.29, 0.717) is 11.1 Å². The predicted octanol–water partition coefficient (Wildman–Crippen LogP) is 5.44. The van der Waals surface area contributed by atoms with Crippen LogP contribution in [-0.4, -0.2) is 6.04 Å². The fourth-order valence-electron chi connectivity index (χ4n) is 3.09. The van der Waals surface area contributed by atoms with Gasteiger partial charge < -0.3 is 5.32 Å². The number of rotatable bonds is 5. The summed E-state index contributed by atoms with van der Waals surface area (Å²) in [5.41, 5.74) is 1.14. The van der Waals surface area contributed by atoms with Gasteiger partial charge >= 0.3 is 0 Å². The fraction of sp³-hybridized carbons (Fsp3) is 0.625. The van der Waals surface area contributed by atoms with Crippen LogP contribution in [-0.2, 0) is 6.54 Å². The molecule has 0 amide bonds. The molecule has 0 heterocycles. The molecule has 1 fully saturated rings. The largest absolute Gasteiger partial charge is 0.310 e. The Kier molecular flexibility index (Phi) is 6.00. The summed E-state index contributed by atoms with van der Waals surface area (Å²) >= 11 is 12.1. The minimum absolute atomic E-state index is 0.618. The van der Waals surface area contributed by atoms with Crippen LogP contribution in [0.2, 0.25) is 10.0 Å². The number of hydrogen-bond donors (Lipinski definition) is 1. The Balaban J connectivity index is 1.91. The van der Waals surface area contributed by atoms with E-state index in [0.717, 1.165) is 23.0 Å². The molecule has 3 heteroatoms. The molecule has 0 bridgehead atoms. The van der Waals surface area contributed by atoms with Gasteiger partial charge in [0, 0.05) is 22.6 Å². The van der Waals surface area contributed by atoms with Crippen molar-refractivity contribution in [1.29, 1.82) is 0 Å². The molecule has 1 saturated carbocycles. The van der Waals surface area contributed by atoms with Gasteiger partial charge in [0.05, 0.1) is 0 Å². The molecule has 0 aliphatic heterocycles. The summed E-state index contributed by atoms with van der Waals surface area (Å²) in [4.78, 5) is 0. The van der Waals surface area contributed by atoms with Crippen molar-refractivity contribution in [3.63, 3.8) is 0 Å². The van der Waals surface area contributed by atoms with Gasteiger partial charge in [-0.05, 0) is 42.9 Å². The maximum Gasteiger partial charge on any atom is 0.0465 e. The second-order valence-electron chi connectivity index (χ2n) is 5.53. The van der Waals surface area contributed by atoms with E-state index in [1.807, 2.05) is 18.2 Å². The summed E-state index contributed by atoms with van der Waals surface area (Å²) in [6.45, 7) is 3.11. The van der Waals surface area contributed by atoms with Crippen molar-refractivity contribution in [3.05, 3.63) is 33.8 Å². The van der Waals surface area contributed by atoms with Crippen LogP contribution in [0.15, 0.2) is 18.2 Å². The highest BCUT2D eigenvalue weighted by atomic mass is 35.5. The van der Waals surface area contributed by atoms with Crippen LogP contribution in [0.1, 0.15) is 51.0 Å². The lowest BCUT2D eigenvalue weighted by atomic mass is 9.83. The van der Waals surface area contributed by atoms with Crippen LogP contribution in [0.4, 0.5) is 0 Å². The van der Waals surface area contributed by atoms with E-state index in [4.69, 9.17) is 23.2 Å². The summed E-state index contributed by atoms with van der Waals surface area (Å²) in [7, 11) is 0. The maximum atomic E-state index is 6.22. The van der Waals surface area contributed by atoms with Crippen LogP contribution in [0, 0.1) is 5.92 Å². The summed E-state index contributed by atoms with van der Waals surface area (Å²) in [5.74, 6) is 0.838. The molecule has 106 valence electrons. The third kappa shape index (κ3) is 4.37. The predicted molar refractivity (Wildman–Crippen MR) is 84.0 cm³/mol. The molecule has 1 aromatic rings. The molecular formula is C16H23Cl2N. The second kappa shape index (κ2) is 7.52. The van der Waals surface area contributed by atoms with Crippen molar-refractivity contribution >= 4 is 23.2 Å². The molecule has 0 aromatic heterocycles. The minimum atomic E-state index is 0.618. The minimum Gasteiger partial charge on any atom is -0.310 e. The van der Waals surface area contributed by atoms with Crippen molar-refractivity contribution in [2.45, 2.75) is 58.0 Å². The quantitative estimate of drug-likeness (QED) is 0.763. The van der Waals surface area contributed by atoms with Crippen LogP contribution >= 0.6 is 23.2 Å². The van der Waals surface area contributed by atoms with Gasteiger partial charge in [-0.2, -0.15) is 0 Å². The van der Waals surface area contributed by atoms with E-state index >= 15 is 0 Å². The lowest BCUT2D eigenvalue weighted by Crippen LogP contribution is -2.36. The Hall–Kier alpha value is -0.240. The van der Waals surface area contributed by atoms with Gasteiger partial charge in [0.2, 0.25) is 0 Å². The monoisotopic (exact) mass is 299 g/mol. The molecule has 0 saturated heterocycles. The zero-order valence-corrected chi connectivity index (χ0v) is 13.1. The number of hydrogen-bond acceptors (Lipinski definition) is 1. The topological polar surface area (TPSA) is 12.0 Å². The van der Waals surface area contributed by atoms with Gasteiger partial charge in [0.1, 0.15) is 0 Å². The molecule has 1 N–H and O–H groups in total. The Bertz CT molecular complexity index is 400. The summed E-state index contributed by atoms with van der Waals surface area (Å²) < 4.78 is 0. The molecule has 1 unspecified atom stereocenters. The molecular weight excluding hydrogens is 277 g/mol. The van der Waals surface area contributed by atoms with E-state index in [9.17, 15) is 0 Å². The highest BCUT2D eigenvalue weighted by Gasteiger charge is 2.21. The summed E-state index contributed by atoms with van der Waals surface area (Å²) in [6.07, 6.45) is 8.14. The van der Waals surface area contributed by atoms with E-state index in [1.165, 1.54) is 38.5 Å². The van der Waals surface area contributed by atoms with E-state index in [-0.39, 0.29) is 0 Å². The molecule has 1 atom stereocenters. The normalized spacial score (nSPS) is 18.5. The fourth-order valence-corrected chi connectivity index (χ4v) is 3.56. The summed E-state index contributed by atoms with van der Waals surface area (Å²) in [6, 6.07) is 6.37. The SMILES string of the molecule is CCC(NCc1ccc(Cl)cc1Cl)C1CCCCC1. The third-order valence-corrected chi connectivity index (χ3v) is 4.82. The number of benzene rings is 1. The van der Waals surface area contributed by atoms with Crippen molar-refractivity contribution in [2.24, 2.45) is 5.92 Å². The molecule has 2 rings (SSSR count). The molecule has 0 radical (unpaired) electrons. The van der Waals surface area contributed by atoms with Gasteiger partial charge in [-0.1, -0.05) is 55.5 Å². The van der Waals surface area contributed by atoms with Gasteiger partial charge in [-0.15, -0.1) is 0 Å². The molecule has 19 heavy (non-hydrogen) atoms. The third-order valence-electron chi connectivity index (χ3n) is 4.23. The molecule has 1 aromatic carbocycles. The number of halogens is 2. The van der Waals surface area contributed by atoms with E-state index in [2.05, 4.69) is 12.2 Å². The zero-order valence-electron chi connectivity index (χ0n) is 11.6. The van der Waals surface area contributed by atoms with Crippen molar-refractivity contribution in [2.75, 3.05) is 0 Å². The maximum absolute atomic E-state index is 6.22. The highest BCUT2D eigenvalue weighted by Crippen LogP contribution is 2.28. The Morgan fingerprint density at radius 1 is 1.21 bits per heavy atom. The first-order chi connectivity index (χ1) is 9.20.